The lowest BCUT2D eigenvalue weighted by molar-refractivity contribution is 0.0346. The molecule has 1 aliphatic heterocycles. The highest BCUT2D eigenvalue weighted by molar-refractivity contribution is 7.09. The molecule has 9 heteroatoms. The fourth-order valence-electron chi connectivity index (χ4n) is 3.25. The Morgan fingerprint density at radius 2 is 2.27 bits per heavy atom. The number of nitrogens with one attached hydrogen (secondary N) is 2. The van der Waals surface area contributed by atoms with E-state index in [0.717, 1.165) is 23.8 Å². The van der Waals surface area contributed by atoms with Crippen molar-refractivity contribution in [2.45, 2.75) is 32.0 Å². The lowest BCUT2D eigenvalue weighted by Crippen LogP contribution is -2.53. The summed E-state index contributed by atoms with van der Waals surface area (Å²) in [6, 6.07) is 4.90. The van der Waals surface area contributed by atoms with Crippen LogP contribution < -0.4 is 5.32 Å². The minimum atomic E-state index is -0.608. The summed E-state index contributed by atoms with van der Waals surface area (Å²) in [7, 11) is 0. The Morgan fingerprint density at radius 3 is 3.04 bits per heavy atom. The zero-order chi connectivity index (χ0) is 18.1. The number of nitrogens with zero attached hydrogens (tertiary/aromatic N) is 4. The van der Waals surface area contributed by atoms with E-state index in [9.17, 15) is 9.90 Å². The maximum Gasteiger partial charge on any atom is 0.251 e. The summed E-state index contributed by atoms with van der Waals surface area (Å²) in [5.74, 6) is -0.206. The average Bonchev–Trinajstić information content (AvgIpc) is 3.25. The molecular weight excluding hydrogens is 352 g/mol. The zero-order valence-corrected chi connectivity index (χ0v) is 15.2. The summed E-state index contributed by atoms with van der Waals surface area (Å²) in [6.45, 7) is 4.04. The number of fused-ring (bicyclic) bond motifs is 1. The first-order valence-electron chi connectivity index (χ1n) is 8.51. The van der Waals surface area contributed by atoms with E-state index in [1.165, 1.54) is 0 Å². The number of hydrogen-bond donors (Lipinski definition) is 3. The van der Waals surface area contributed by atoms with Gasteiger partial charge in [-0.05, 0) is 31.5 Å². The van der Waals surface area contributed by atoms with Crippen molar-refractivity contribution in [2.75, 3.05) is 13.1 Å². The van der Waals surface area contributed by atoms with Crippen LogP contribution in [0.1, 0.15) is 27.5 Å². The maximum atomic E-state index is 12.5. The molecule has 2 aromatic heterocycles. The highest BCUT2D eigenvalue weighted by Crippen LogP contribution is 2.17. The molecule has 2 atom stereocenters. The smallest absolute Gasteiger partial charge is 0.251 e. The molecule has 3 heterocycles. The van der Waals surface area contributed by atoms with E-state index in [1.54, 1.807) is 29.5 Å². The van der Waals surface area contributed by atoms with Crippen LogP contribution in [-0.2, 0) is 6.54 Å². The number of rotatable bonds is 4. The van der Waals surface area contributed by atoms with Gasteiger partial charge >= 0.3 is 0 Å². The molecule has 0 saturated carbocycles. The van der Waals surface area contributed by atoms with Crippen molar-refractivity contribution in [1.29, 1.82) is 0 Å². The molecular formula is C17H20N6O2S. The van der Waals surface area contributed by atoms with E-state index in [0.29, 0.717) is 29.6 Å². The molecule has 1 saturated heterocycles. The number of likely N-dealkylation sites (tertiary alicyclic amines) is 1. The van der Waals surface area contributed by atoms with Crippen LogP contribution in [0.2, 0.25) is 0 Å². The number of piperidine rings is 1. The van der Waals surface area contributed by atoms with Crippen molar-refractivity contribution in [3.63, 3.8) is 0 Å². The highest BCUT2D eigenvalue weighted by atomic mass is 32.1. The summed E-state index contributed by atoms with van der Waals surface area (Å²) in [5.41, 5.74) is 2.90. The molecule has 136 valence electrons. The van der Waals surface area contributed by atoms with Gasteiger partial charge in [-0.2, -0.15) is 15.4 Å². The first kappa shape index (κ1) is 17.1. The van der Waals surface area contributed by atoms with Crippen molar-refractivity contribution in [3.8, 4) is 0 Å². The summed E-state index contributed by atoms with van der Waals surface area (Å²) < 4.78 is 0. The van der Waals surface area contributed by atoms with Gasteiger partial charge in [0.15, 0.2) is 0 Å². The minimum Gasteiger partial charge on any atom is -0.390 e. The Balaban J connectivity index is 1.36. The molecule has 1 aromatic carbocycles. The SMILES string of the molecule is Cc1nc(CN2CC[C@@H](NC(=O)c3ccc4n[nH]nc4c3)[C@H](O)C2)cs1. The number of carbonyl (C=O) groups is 1. The first-order valence-corrected chi connectivity index (χ1v) is 9.39. The van der Waals surface area contributed by atoms with Crippen LogP contribution in [0.4, 0.5) is 0 Å². The maximum absolute atomic E-state index is 12.5. The Morgan fingerprint density at radius 1 is 1.42 bits per heavy atom. The second-order valence-electron chi connectivity index (χ2n) is 6.56. The summed E-state index contributed by atoms with van der Waals surface area (Å²) in [6.07, 6.45) is 0.0885. The molecule has 0 unspecified atom stereocenters. The van der Waals surface area contributed by atoms with Crippen molar-refractivity contribution in [3.05, 3.63) is 39.8 Å². The first-order chi connectivity index (χ1) is 12.6. The number of aliphatic hydroxyl groups excluding tert-OH is 1. The van der Waals surface area contributed by atoms with Gasteiger partial charge in [0.05, 0.1) is 22.8 Å². The quantitative estimate of drug-likeness (QED) is 0.633. The molecule has 0 aliphatic carbocycles. The van der Waals surface area contributed by atoms with E-state index in [-0.39, 0.29) is 11.9 Å². The lowest BCUT2D eigenvalue weighted by atomic mass is 10.0. The number of thiazole rings is 1. The van der Waals surface area contributed by atoms with Crippen molar-refractivity contribution < 1.29 is 9.90 Å². The van der Waals surface area contributed by atoms with Gasteiger partial charge in [-0.15, -0.1) is 11.3 Å². The molecule has 1 aliphatic rings. The Bertz CT molecular complexity index is 923. The zero-order valence-electron chi connectivity index (χ0n) is 14.3. The summed E-state index contributed by atoms with van der Waals surface area (Å²) in [4.78, 5) is 19.1. The summed E-state index contributed by atoms with van der Waals surface area (Å²) in [5, 5.41) is 27.0. The van der Waals surface area contributed by atoms with Crippen molar-refractivity contribution in [1.82, 2.24) is 30.6 Å². The number of benzene rings is 1. The molecule has 3 N–H and O–H groups in total. The fourth-order valence-corrected chi connectivity index (χ4v) is 3.86. The van der Waals surface area contributed by atoms with Crippen molar-refractivity contribution in [2.24, 2.45) is 0 Å². The van der Waals surface area contributed by atoms with Gasteiger partial charge in [-0.25, -0.2) is 4.98 Å². The number of aromatic amines is 1. The van der Waals surface area contributed by atoms with E-state index in [4.69, 9.17) is 0 Å². The molecule has 0 radical (unpaired) electrons. The number of β-amino-alcohol motifs (C(OH)–C–C–N with tert-alkyl or cyclic N) is 1. The predicted octanol–water partition coefficient (Wildman–Crippen LogP) is 1.09. The molecule has 4 rings (SSSR count). The van der Waals surface area contributed by atoms with Crippen LogP contribution in [0, 0.1) is 6.92 Å². The van der Waals surface area contributed by atoms with E-state index in [1.807, 2.05) is 6.92 Å². The van der Waals surface area contributed by atoms with Gasteiger partial charge in [0.2, 0.25) is 0 Å². The van der Waals surface area contributed by atoms with Gasteiger partial charge in [0.1, 0.15) is 11.0 Å². The summed E-state index contributed by atoms with van der Waals surface area (Å²) >= 11 is 1.63. The van der Waals surface area contributed by atoms with Gasteiger partial charge < -0.3 is 10.4 Å². The van der Waals surface area contributed by atoms with Crippen LogP contribution in [0.5, 0.6) is 0 Å². The topological polar surface area (TPSA) is 107 Å². The second-order valence-corrected chi connectivity index (χ2v) is 7.62. The highest BCUT2D eigenvalue weighted by Gasteiger charge is 2.29. The third-order valence-corrected chi connectivity index (χ3v) is 5.44. The van der Waals surface area contributed by atoms with Crippen LogP contribution in [-0.4, -0.2) is 61.5 Å². The Hall–Kier alpha value is -2.36. The van der Waals surface area contributed by atoms with Gasteiger partial charge in [-0.3, -0.25) is 9.69 Å². The molecule has 26 heavy (non-hydrogen) atoms. The van der Waals surface area contributed by atoms with E-state index < -0.39 is 6.10 Å². The number of hydrogen-bond acceptors (Lipinski definition) is 7. The molecule has 3 aromatic rings. The fraction of sp³-hybridized carbons (Fsp3) is 0.412. The molecule has 1 amide bonds. The minimum absolute atomic E-state index is 0.206. The lowest BCUT2D eigenvalue weighted by Gasteiger charge is -2.35. The average molecular weight is 372 g/mol. The number of amides is 1. The largest absolute Gasteiger partial charge is 0.390 e. The standard InChI is InChI=1S/C17H20N6O2S/c1-10-18-12(9-26-10)7-23-5-4-14(16(24)8-23)19-17(25)11-2-3-13-15(6-11)21-22-20-13/h2-3,6,9,14,16,24H,4-5,7-8H2,1H3,(H,19,25)(H,20,21,22)/t14-,16-/m1/s1. The van der Waals surface area contributed by atoms with Crippen LogP contribution in [0.25, 0.3) is 11.0 Å². The predicted molar refractivity (Wildman–Crippen MR) is 97.9 cm³/mol. The Kier molecular flexibility index (Phi) is 4.66. The number of aliphatic hydroxyl groups is 1. The van der Waals surface area contributed by atoms with Crippen molar-refractivity contribution >= 4 is 28.3 Å². The van der Waals surface area contributed by atoms with Gasteiger partial charge in [-0.1, -0.05) is 0 Å². The van der Waals surface area contributed by atoms with Crippen LogP contribution in [0.3, 0.4) is 0 Å². The van der Waals surface area contributed by atoms with Gasteiger partial charge in [0, 0.05) is 30.6 Å². The third-order valence-electron chi connectivity index (χ3n) is 4.61. The monoisotopic (exact) mass is 372 g/mol. The third kappa shape index (κ3) is 3.59. The molecule has 1 fully saturated rings. The molecule has 0 bridgehead atoms. The van der Waals surface area contributed by atoms with E-state index in [2.05, 4.69) is 36.0 Å². The number of carbonyl (C=O) groups excluding carboxylic acids is 1. The second kappa shape index (κ2) is 7.10. The normalized spacial score (nSPS) is 21.2. The van der Waals surface area contributed by atoms with Crippen LogP contribution >= 0.6 is 11.3 Å². The molecule has 0 spiro atoms. The number of H-pyrrole nitrogens is 1. The number of aryl methyl sites for hydroxylation is 1. The Labute approximate surface area is 154 Å². The number of aromatic nitrogens is 4. The molecule has 8 nitrogen and oxygen atoms in total. The van der Waals surface area contributed by atoms with Gasteiger partial charge in [0.25, 0.3) is 5.91 Å². The van der Waals surface area contributed by atoms with E-state index >= 15 is 0 Å². The van der Waals surface area contributed by atoms with Crippen LogP contribution in [0.15, 0.2) is 23.6 Å².